The maximum Gasteiger partial charge on any atom is 0.175 e. The van der Waals surface area contributed by atoms with Crippen LogP contribution in [0.15, 0.2) is 29.2 Å². The summed E-state index contributed by atoms with van der Waals surface area (Å²) in [5, 5.41) is 3.16. The summed E-state index contributed by atoms with van der Waals surface area (Å²) < 4.78 is 28.0. The minimum Gasteiger partial charge on any atom is -0.379 e. The minimum absolute atomic E-state index is 0.00475. The molecule has 0 radical (unpaired) electrons. The van der Waals surface area contributed by atoms with Gasteiger partial charge in [0.05, 0.1) is 23.5 Å². The molecule has 2 rings (SSSR count). The molecule has 5 heteroatoms. The third-order valence-electron chi connectivity index (χ3n) is 3.17. The highest BCUT2D eigenvalue weighted by Crippen LogP contribution is 2.32. The quantitative estimate of drug-likeness (QED) is 0.855. The van der Waals surface area contributed by atoms with Gasteiger partial charge in [0, 0.05) is 12.8 Å². The second-order valence-electron chi connectivity index (χ2n) is 4.60. The normalized spacial score (nSPS) is 18.7. The molecule has 1 aliphatic rings. The van der Waals surface area contributed by atoms with Gasteiger partial charge in [0.25, 0.3) is 0 Å². The van der Waals surface area contributed by atoms with E-state index in [-0.39, 0.29) is 5.41 Å². The van der Waals surface area contributed by atoms with Crippen LogP contribution in [-0.2, 0) is 20.0 Å². The van der Waals surface area contributed by atoms with Gasteiger partial charge in [-0.15, -0.1) is 0 Å². The first-order valence-corrected chi connectivity index (χ1v) is 7.40. The number of likely N-dealkylation sites (N-methyl/N-ethyl adjacent to an activating group) is 1. The molecular formula is C12H17NO3S. The Hall–Kier alpha value is -0.910. The van der Waals surface area contributed by atoms with Gasteiger partial charge in [-0.05, 0) is 24.7 Å². The highest BCUT2D eigenvalue weighted by molar-refractivity contribution is 7.90. The fourth-order valence-electron chi connectivity index (χ4n) is 2.11. The molecule has 1 aromatic carbocycles. The number of sulfone groups is 1. The SMILES string of the molecule is CNCC1(c2ccc(S(C)(=O)=O)cc2)COC1. The Morgan fingerprint density at radius 1 is 1.29 bits per heavy atom. The molecule has 1 aromatic rings. The highest BCUT2D eigenvalue weighted by Gasteiger charge is 2.39. The van der Waals surface area contributed by atoms with Gasteiger partial charge in [-0.3, -0.25) is 0 Å². The van der Waals surface area contributed by atoms with Crippen molar-refractivity contribution in [2.45, 2.75) is 10.3 Å². The number of benzene rings is 1. The van der Waals surface area contributed by atoms with Gasteiger partial charge >= 0.3 is 0 Å². The van der Waals surface area contributed by atoms with Crippen molar-refractivity contribution in [2.75, 3.05) is 33.1 Å². The van der Waals surface area contributed by atoms with Crippen molar-refractivity contribution < 1.29 is 13.2 Å². The first-order chi connectivity index (χ1) is 7.98. The van der Waals surface area contributed by atoms with E-state index in [2.05, 4.69) is 5.32 Å². The first kappa shape index (κ1) is 12.5. The van der Waals surface area contributed by atoms with Crippen molar-refractivity contribution in [3.63, 3.8) is 0 Å². The molecule has 1 heterocycles. The minimum atomic E-state index is -3.11. The second kappa shape index (κ2) is 4.40. The van der Waals surface area contributed by atoms with Crippen LogP contribution >= 0.6 is 0 Å². The van der Waals surface area contributed by atoms with Gasteiger partial charge in [-0.1, -0.05) is 12.1 Å². The fraction of sp³-hybridized carbons (Fsp3) is 0.500. The van der Waals surface area contributed by atoms with Gasteiger partial charge < -0.3 is 10.1 Å². The van der Waals surface area contributed by atoms with Crippen molar-refractivity contribution in [1.29, 1.82) is 0 Å². The number of hydrogen-bond donors (Lipinski definition) is 1. The fourth-order valence-corrected chi connectivity index (χ4v) is 2.74. The summed E-state index contributed by atoms with van der Waals surface area (Å²) >= 11 is 0. The van der Waals surface area contributed by atoms with Crippen molar-refractivity contribution in [2.24, 2.45) is 0 Å². The van der Waals surface area contributed by atoms with E-state index in [1.54, 1.807) is 12.1 Å². The summed E-state index contributed by atoms with van der Waals surface area (Å²) in [6.45, 7) is 2.21. The molecule has 1 saturated heterocycles. The van der Waals surface area contributed by atoms with Crippen LogP contribution in [0.3, 0.4) is 0 Å². The van der Waals surface area contributed by atoms with E-state index in [1.807, 2.05) is 19.2 Å². The number of nitrogens with one attached hydrogen (secondary N) is 1. The van der Waals surface area contributed by atoms with Crippen LogP contribution in [-0.4, -0.2) is 41.5 Å². The molecule has 17 heavy (non-hydrogen) atoms. The Morgan fingerprint density at radius 2 is 1.88 bits per heavy atom. The van der Waals surface area contributed by atoms with Gasteiger partial charge in [0.1, 0.15) is 0 Å². The van der Waals surface area contributed by atoms with E-state index < -0.39 is 9.84 Å². The Kier molecular flexibility index (Phi) is 3.25. The Balaban J connectivity index is 2.29. The topological polar surface area (TPSA) is 55.4 Å². The molecule has 1 fully saturated rings. The van der Waals surface area contributed by atoms with Crippen molar-refractivity contribution in [3.05, 3.63) is 29.8 Å². The molecule has 0 aliphatic carbocycles. The van der Waals surface area contributed by atoms with Crippen LogP contribution in [0.25, 0.3) is 0 Å². The molecule has 0 unspecified atom stereocenters. The summed E-state index contributed by atoms with van der Waals surface area (Å²) in [4.78, 5) is 0.362. The lowest BCUT2D eigenvalue weighted by molar-refractivity contribution is -0.0582. The molecule has 1 N–H and O–H groups in total. The Bertz CT molecular complexity index is 489. The number of hydrogen-bond acceptors (Lipinski definition) is 4. The average molecular weight is 255 g/mol. The van der Waals surface area contributed by atoms with E-state index in [1.165, 1.54) is 6.26 Å². The number of ether oxygens (including phenoxy) is 1. The summed E-state index contributed by atoms with van der Waals surface area (Å²) in [6.07, 6.45) is 1.22. The zero-order chi connectivity index (χ0) is 12.5. The van der Waals surface area contributed by atoms with E-state index in [4.69, 9.17) is 4.74 Å². The molecule has 1 aliphatic heterocycles. The van der Waals surface area contributed by atoms with Gasteiger partial charge in [0.15, 0.2) is 9.84 Å². The summed E-state index contributed by atoms with van der Waals surface area (Å²) in [5.41, 5.74) is 1.13. The molecule has 4 nitrogen and oxygen atoms in total. The van der Waals surface area contributed by atoms with E-state index >= 15 is 0 Å². The predicted molar refractivity (Wildman–Crippen MR) is 66.0 cm³/mol. The molecule has 0 atom stereocenters. The Labute approximate surface area is 102 Å². The van der Waals surface area contributed by atoms with Crippen LogP contribution in [0, 0.1) is 0 Å². The lowest BCUT2D eigenvalue weighted by atomic mass is 9.78. The number of rotatable bonds is 4. The largest absolute Gasteiger partial charge is 0.379 e. The van der Waals surface area contributed by atoms with E-state index in [0.717, 1.165) is 12.1 Å². The lowest BCUT2D eigenvalue weighted by Crippen LogP contribution is -2.52. The zero-order valence-corrected chi connectivity index (χ0v) is 10.9. The Morgan fingerprint density at radius 3 is 2.24 bits per heavy atom. The average Bonchev–Trinajstić information content (AvgIpc) is 2.22. The highest BCUT2D eigenvalue weighted by atomic mass is 32.2. The molecule has 0 spiro atoms. The van der Waals surface area contributed by atoms with E-state index in [0.29, 0.717) is 18.1 Å². The van der Waals surface area contributed by atoms with Gasteiger partial charge in [-0.2, -0.15) is 0 Å². The van der Waals surface area contributed by atoms with Gasteiger partial charge in [-0.25, -0.2) is 8.42 Å². The molecular weight excluding hydrogens is 238 g/mol. The zero-order valence-electron chi connectivity index (χ0n) is 10.1. The monoisotopic (exact) mass is 255 g/mol. The molecule has 94 valence electrons. The predicted octanol–water partition coefficient (Wildman–Crippen LogP) is 0.577. The standard InChI is InChI=1S/C12H17NO3S/c1-13-7-12(8-16-9-12)10-3-5-11(6-4-10)17(2,14)15/h3-6,13H,7-9H2,1-2H3. The smallest absolute Gasteiger partial charge is 0.175 e. The van der Waals surface area contributed by atoms with Crippen molar-refractivity contribution in [1.82, 2.24) is 5.32 Å². The molecule has 0 saturated carbocycles. The lowest BCUT2D eigenvalue weighted by Gasteiger charge is -2.42. The van der Waals surface area contributed by atoms with Crippen molar-refractivity contribution in [3.8, 4) is 0 Å². The second-order valence-corrected chi connectivity index (χ2v) is 6.62. The van der Waals surface area contributed by atoms with Crippen LogP contribution in [0.4, 0.5) is 0 Å². The van der Waals surface area contributed by atoms with Crippen LogP contribution in [0.5, 0.6) is 0 Å². The third-order valence-corrected chi connectivity index (χ3v) is 4.30. The molecule has 0 amide bonds. The van der Waals surface area contributed by atoms with Crippen molar-refractivity contribution >= 4 is 9.84 Å². The molecule has 0 bridgehead atoms. The van der Waals surface area contributed by atoms with Crippen LogP contribution in [0.1, 0.15) is 5.56 Å². The molecule has 0 aromatic heterocycles. The summed E-state index contributed by atoms with van der Waals surface area (Å²) in [5.74, 6) is 0. The van der Waals surface area contributed by atoms with E-state index in [9.17, 15) is 8.42 Å². The summed E-state index contributed by atoms with van der Waals surface area (Å²) in [6, 6.07) is 7.10. The van der Waals surface area contributed by atoms with Crippen LogP contribution < -0.4 is 5.32 Å². The van der Waals surface area contributed by atoms with Gasteiger partial charge in [0.2, 0.25) is 0 Å². The summed E-state index contributed by atoms with van der Waals surface area (Å²) in [7, 11) is -1.21. The maximum absolute atomic E-state index is 11.4. The first-order valence-electron chi connectivity index (χ1n) is 5.51. The third kappa shape index (κ3) is 2.36. The maximum atomic E-state index is 11.4. The van der Waals surface area contributed by atoms with Crippen LogP contribution in [0.2, 0.25) is 0 Å².